The molecule has 2 aromatic rings. The molecule has 3 aliphatic rings. The first kappa shape index (κ1) is 24.3. The van der Waals surface area contributed by atoms with Gasteiger partial charge in [0.25, 0.3) is 0 Å². The smallest absolute Gasteiger partial charge is 0.318 e. The number of halogens is 1. The van der Waals surface area contributed by atoms with Crippen LogP contribution in [0.3, 0.4) is 0 Å². The van der Waals surface area contributed by atoms with Crippen LogP contribution < -0.4 is 10.6 Å². The van der Waals surface area contributed by atoms with Gasteiger partial charge < -0.3 is 25.0 Å². The van der Waals surface area contributed by atoms with Crippen molar-refractivity contribution < 1.29 is 14.3 Å². The summed E-state index contributed by atoms with van der Waals surface area (Å²) in [4.78, 5) is 24.4. The fourth-order valence-electron chi connectivity index (χ4n) is 4.58. The topological polar surface area (TPSA) is 117 Å². The van der Waals surface area contributed by atoms with E-state index in [-0.39, 0.29) is 6.03 Å². The molecule has 11 heteroatoms. The van der Waals surface area contributed by atoms with Gasteiger partial charge in [0.15, 0.2) is 0 Å². The molecule has 190 valence electrons. The van der Waals surface area contributed by atoms with E-state index < -0.39 is 6.04 Å². The lowest BCUT2D eigenvalue weighted by atomic mass is 10.0. The summed E-state index contributed by atoms with van der Waals surface area (Å²) in [6, 6.07) is -0.319. The average molecular weight is 512 g/mol. The van der Waals surface area contributed by atoms with Crippen LogP contribution in [0.15, 0.2) is 53.2 Å². The van der Waals surface area contributed by atoms with Gasteiger partial charge in [0.1, 0.15) is 5.76 Å². The Morgan fingerprint density at radius 1 is 1.31 bits per heavy atom. The van der Waals surface area contributed by atoms with Gasteiger partial charge in [-0.05, 0) is 42.6 Å². The molecule has 1 unspecified atom stereocenters. The lowest BCUT2D eigenvalue weighted by molar-refractivity contribution is 0.0903. The van der Waals surface area contributed by atoms with E-state index in [0.717, 1.165) is 54.2 Å². The standard InChI is InChI=1S/C25H30ClN7O3/c1-35-21-3-2-16(10-19(26)11-21)23(18-13-28-29-14-18)32-25(34)33-7-4-17-12-27-24(31-22(17)15-33)30-20-5-8-36-9-6-20/h2-3,10,12-14,20,23H,4-9,11,15H2,1H3,(H,28,29)(H,32,34)(H,27,30,31). The maximum absolute atomic E-state index is 13.4. The number of carbonyl (C=O) groups is 1. The molecule has 1 saturated heterocycles. The van der Waals surface area contributed by atoms with E-state index >= 15 is 0 Å². The largest absolute Gasteiger partial charge is 0.501 e. The van der Waals surface area contributed by atoms with Gasteiger partial charge in [-0.1, -0.05) is 17.7 Å². The quantitative estimate of drug-likeness (QED) is 0.542. The lowest BCUT2D eigenvalue weighted by Crippen LogP contribution is -2.44. The Kier molecular flexibility index (Phi) is 7.52. The van der Waals surface area contributed by atoms with Crippen molar-refractivity contribution in [2.45, 2.75) is 44.3 Å². The van der Waals surface area contributed by atoms with Crippen molar-refractivity contribution in [1.82, 2.24) is 30.4 Å². The Hall–Kier alpha value is -3.37. The summed E-state index contributed by atoms with van der Waals surface area (Å²) >= 11 is 6.45. The van der Waals surface area contributed by atoms with Crippen molar-refractivity contribution in [3.8, 4) is 0 Å². The van der Waals surface area contributed by atoms with Crippen LogP contribution in [0.5, 0.6) is 0 Å². The molecule has 36 heavy (non-hydrogen) atoms. The normalized spacial score (nSPS) is 19.3. The summed E-state index contributed by atoms with van der Waals surface area (Å²) in [5.41, 5.74) is 3.60. The SMILES string of the molecule is COC1=CC=C(C(NC(=O)N2CCc3cnc(NC4CCOCC4)nc3C2)c2cn[nH]c2)C=C(Cl)C1. The number of amides is 2. The molecule has 0 radical (unpaired) electrons. The Morgan fingerprint density at radius 3 is 2.94 bits per heavy atom. The number of hydrogen-bond donors (Lipinski definition) is 3. The predicted octanol–water partition coefficient (Wildman–Crippen LogP) is 3.58. The zero-order valence-corrected chi connectivity index (χ0v) is 20.9. The Morgan fingerprint density at radius 2 is 2.17 bits per heavy atom. The number of aromatic amines is 1. The molecule has 5 rings (SSSR count). The molecule has 2 aromatic heterocycles. The van der Waals surface area contributed by atoms with Crippen LogP contribution in [0, 0.1) is 0 Å². The first-order valence-corrected chi connectivity index (χ1v) is 12.5. The van der Waals surface area contributed by atoms with Gasteiger partial charge in [0.2, 0.25) is 5.95 Å². The van der Waals surface area contributed by atoms with Crippen molar-refractivity contribution >= 4 is 23.6 Å². The molecular weight excluding hydrogens is 482 g/mol. The van der Waals surface area contributed by atoms with Gasteiger partial charge in [0.05, 0.1) is 31.6 Å². The van der Waals surface area contributed by atoms with E-state index in [9.17, 15) is 4.79 Å². The molecule has 4 heterocycles. The Balaban J connectivity index is 1.31. The fourth-order valence-corrected chi connectivity index (χ4v) is 4.84. The monoisotopic (exact) mass is 511 g/mol. The third kappa shape index (κ3) is 5.71. The number of H-pyrrole nitrogens is 1. The molecule has 1 aliphatic carbocycles. The number of nitrogens with zero attached hydrogens (tertiary/aromatic N) is 4. The van der Waals surface area contributed by atoms with Crippen LogP contribution in [0.1, 0.15) is 42.1 Å². The van der Waals surface area contributed by atoms with E-state index in [1.165, 1.54) is 0 Å². The first-order valence-electron chi connectivity index (χ1n) is 12.1. The number of methoxy groups -OCH3 is 1. The Bertz CT molecular complexity index is 1170. The number of rotatable bonds is 6. The van der Waals surface area contributed by atoms with Gasteiger partial charge in [-0.25, -0.2) is 14.8 Å². The molecule has 2 aliphatic heterocycles. The number of urea groups is 1. The minimum Gasteiger partial charge on any atom is -0.501 e. The summed E-state index contributed by atoms with van der Waals surface area (Å²) < 4.78 is 10.8. The fraction of sp³-hybridized carbons (Fsp3) is 0.440. The molecule has 1 fully saturated rings. The van der Waals surface area contributed by atoms with Gasteiger partial charge >= 0.3 is 6.03 Å². The second kappa shape index (κ2) is 11.1. The summed E-state index contributed by atoms with van der Waals surface area (Å²) in [5, 5.41) is 14.1. The summed E-state index contributed by atoms with van der Waals surface area (Å²) in [6.45, 7) is 2.48. The minimum absolute atomic E-state index is 0.185. The zero-order chi connectivity index (χ0) is 24.9. The highest BCUT2D eigenvalue weighted by Gasteiger charge is 2.27. The average Bonchev–Trinajstić information content (AvgIpc) is 3.36. The molecule has 2 amide bonds. The van der Waals surface area contributed by atoms with Crippen LogP contribution in [0.2, 0.25) is 0 Å². The van der Waals surface area contributed by atoms with Crippen molar-refractivity contribution in [3.05, 3.63) is 70.0 Å². The number of aromatic nitrogens is 4. The summed E-state index contributed by atoms with van der Waals surface area (Å²) in [6.07, 6.45) is 14.1. The van der Waals surface area contributed by atoms with E-state index in [1.54, 1.807) is 24.4 Å². The van der Waals surface area contributed by atoms with Crippen molar-refractivity contribution in [1.29, 1.82) is 0 Å². The zero-order valence-electron chi connectivity index (χ0n) is 20.2. The molecule has 0 saturated carbocycles. The highest BCUT2D eigenvalue weighted by molar-refractivity contribution is 6.30. The van der Waals surface area contributed by atoms with Gasteiger partial charge in [-0.2, -0.15) is 5.10 Å². The molecular formula is C25H30ClN7O3. The van der Waals surface area contributed by atoms with E-state index in [0.29, 0.717) is 43.0 Å². The molecule has 0 aromatic carbocycles. The second-order valence-electron chi connectivity index (χ2n) is 9.05. The van der Waals surface area contributed by atoms with E-state index in [2.05, 4.69) is 25.8 Å². The van der Waals surface area contributed by atoms with Crippen LogP contribution in [-0.4, -0.2) is 64.0 Å². The van der Waals surface area contributed by atoms with Gasteiger partial charge in [-0.3, -0.25) is 5.10 Å². The number of fused-ring (bicyclic) bond motifs is 1. The number of allylic oxidation sites excluding steroid dienone is 3. The number of hydrogen-bond acceptors (Lipinski definition) is 7. The number of nitrogens with one attached hydrogen (secondary N) is 3. The highest BCUT2D eigenvalue weighted by atomic mass is 35.5. The molecule has 3 N–H and O–H groups in total. The Labute approximate surface area is 214 Å². The minimum atomic E-state index is -0.435. The van der Waals surface area contributed by atoms with Gasteiger partial charge in [-0.15, -0.1) is 0 Å². The van der Waals surface area contributed by atoms with Crippen molar-refractivity contribution in [3.63, 3.8) is 0 Å². The maximum atomic E-state index is 13.4. The van der Waals surface area contributed by atoms with E-state index in [4.69, 9.17) is 26.1 Å². The molecule has 0 spiro atoms. The number of ether oxygens (including phenoxy) is 2. The third-order valence-electron chi connectivity index (χ3n) is 6.63. The number of carbonyl (C=O) groups excluding carboxylic acids is 1. The van der Waals surface area contributed by atoms with Crippen LogP contribution >= 0.6 is 11.6 Å². The third-order valence-corrected chi connectivity index (χ3v) is 6.87. The van der Waals surface area contributed by atoms with Crippen LogP contribution in [0.25, 0.3) is 0 Å². The summed E-state index contributed by atoms with van der Waals surface area (Å²) in [5.74, 6) is 1.35. The maximum Gasteiger partial charge on any atom is 0.318 e. The predicted molar refractivity (Wildman–Crippen MR) is 135 cm³/mol. The summed E-state index contributed by atoms with van der Waals surface area (Å²) in [7, 11) is 1.62. The van der Waals surface area contributed by atoms with Crippen LogP contribution in [-0.2, 0) is 22.4 Å². The van der Waals surface area contributed by atoms with Crippen molar-refractivity contribution in [2.24, 2.45) is 0 Å². The second-order valence-corrected chi connectivity index (χ2v) is 9.54. The lowest BCUT2D eigenvalue weighted by Gasteiger charge is -2.30. The first-order chi connectivity index (χ1) is 17.6. The van der Waals surface area contributed by atoms with E-state index in [1.807, 2.05) is 24.4 Å². The number of anilines is 1. The van der Waals surface area contributed by atoms with Gasteiger partial charge in [0, 0.05) is 55.2 Å². The molecule has 1 atom stereocenters. The van der Waals surface area contributed by atoms with Crippen molar-refractivity contribution in [2.75, 3.05) is 32.2 Å². The highest BCUT2D eigenvalue weighted by Crippen LogP contribution is 2.30. The molecule has 0 bridgehead atoms. The van der Waals surface area contributed by atoms with Crippen LogP contribution in [0.4, 0.5) is 10.7 Å². The molecule has 10 nitrogen and oxygen atoms in total.